The van der Waals surface area contributed by atoms with E-state index in [0.29, 0.717) is 0 Å². The smallest absolute Gasteiger partial charge is 0.154 e. The second-order valence-electron chi connectivity index (χ2n) is 6.29. The summed E-state index contributed by atoms with van der Waals surface area (Å²) in [5.41, 5.74) is 10.6. The normalized spacial score (nSPS) is 13.2. The van der Waals surface area contributed by atoms with Gasteiger partial charge in [-0.1, -0.05) is 71.8 Å². The van der Waals surface area contributed by atoms with Crippen molar-refractivity contribution in [2.24, 2.45) is 10.1 Å². The van der Waals surface area contributed by atoms with Gasteiger partial charge in [0.1, 0.15) is 0 Å². The molecule has 0 atom stereocenters. The maximum atomic E-state index is 4.85. The van der Waals surface area contributed by atoms with Gasteiger partial charge in [-0.25, -0.2) is 4.99 Å². The summed E-state index contributed by atoms with van der Waals surface area (Å²) in [6.07, 6.45) is 0. The lowest BCUT2D eigenvalue weighted by molar-refractivity contribution is 1.03. The van der Waals surface area contributed by atoms with Crippen LogP contribution < -0.4 is 5.43 Å². The van der Waals surface area contributed by atoms with Crippen LogP contribution in [0, 0.1) is 13.8 Å². The van der Waals surface area contributed by atoms with Crippen molar-refractivity contribution in [3.8, 4) is 0 Å². The van der Waals surface area contributed by atoms with Crippen molar-refractivity contribution in [2.45, 2.75) is 13.8 Å². The zero-order chi connectivity index (χ0) is 17.2. The summed E-state index contributed by atoms with van der Waals surface area (Å²) >= 11 is 0. The first-order chi connectivity index (χ1) is 12.2. The van der Waals surface area contributed by atoms with Gasteiger partial charge in [0.15, 0.2) is 5.84 Å². The third-order valence-electron chi connectivity index (χ3n) is 4.29. The topological polar surface area (TPSA) is 36.8 Å². The van der Waals surface area contributed by atoms with Crippen LogP contribution in [0.15, 0.2) is 82.9 Å². The number of hydrogen-bond donors (Lipinski definition) is 1. The molecule has 3 nitrogen and oxygen atoms in total. The van der Waals surface area contributed by atoms with E-state index in [9.17, 15) is 0 Å². The average molecular weight is 325 g/mol. The molecule has 0 fully saturated rings. The van der Waals surface area contributed by atoms with Crippen molar-refractivity contribution in [2.75, 3.05) is 0 Å². The number of hydrazone groups is 1. The van der Waals surface area contributed by atoms with Crippen molar-refractivity contribution in [1.82, 2.24) is 5.43 Å². The fourth-order valence-electron chi connectivity index (χ4n) is 2.91. The van der Waals surface area contributed by atoms with Crippen LogP contribution >= 0.6 is 0 Å². The molecule has 0 aliphatic carbocycles. The third-order valence-corrected chi connectivity index (χ3v) is 4.29. The van der Waals surface area contributed by atoms with Crippen LogP contribution in [-0.2, 0) is 0 Å². The Morgan fingerprint density at radius 2 is 1.44 bits per heavy atom. The highest BCUT2D eigenvalue weighted by Crippen LogP contribution is 2.26. The van der Waals surface area contributed by atoms with Crippen molar-refractivity contribution < 1.29 is 0 Å². The number of nitrogens with one attached hydrogen (secondary N) is 1. The van der Waals surface area contributed by atoms with Crippen LogP contribution in [0.5, 0.6) is 0 Å². The third kappa shape index (κ3) is 3.09. The Hall–Kier alpha value is -3.20. The second-order valence-corrected chi connectivity index (χ2v) is 6.29. The van der Waals surface area contributed by atoms with Gasteiger partial charge >= 0.3 is 0 Å². The molecular weight excluding hydrogens is 306 g/mol. The van der Waals surface area contributed by atoms with E-state index < -0.39 is 0 Å². The Labute approximate surface area is 147 Å². The van der Waals surface area contributed by atoms with Crippen LogP contribution in [0.1, 0.15) is 27.8 Å². The number of fused-ring (bicyclic) bond motifs is 1. The largest absolute Gasteiger partial charge is 0.260 e. The molecule has 1 heterocycles. The summed E-state index contributed by atoms with van der Waals surface area (Å²) in [7, 11) is 0. The predicted molar refractivity (Wildman–Crippen MR) is 104 cm³/mol. The molecule has 3 aromatic carbocycles. The molecular formula is C22H19N3. The van der Waals surface area contributed by atoms with Gasteiger partial charge in [-0.15, -0.1) is 0 Å². The van der Waals surface area contributed by atoms with Gasteiger partial charge in [-0.3, -0.25) is 5.43 Å². The molecule has 0 aromatic heterocycles. The van der Waals surface area contributed by atoms with Crippen molar-refractivity contribution in [3.63, 3.8) is 0 Å². The van der Waals surface area contributed by atoms with Crippen LogP contribution in [0.4, 0.5) is 5.69 Å². The molecule has 0 unspecified atom stereocenters. The number of amidine groups is 1. The zero-order valence-electron chi connectivity index (χ0n) is 14.3. The fourth-order valence-corrected chi connectivity index (χ4v) is 2.91. The average Bonchev–Trinajstić information content (AvgIpc) is 2.82. The molecule has 1 aliphatic rings. The number of aliphatic imine (C=N–C) groups is 1. The van der Waals surface area contributed by atoms with E-state index in [-0.39, 0.29) is 0 Å². The molecule has 0 spiro atoms. The van der Waals surface area contributed by atoms with Crippen LogP contribution in [-0.4, -0.2) is 11.5 Å². The first-order valence-electron chi connectivity index (χ1n) is 8.36. The highest BCUT2D eigenvalue weighted by molar-refractivity contribution is 6.18. The molecule has 1 N–H and O–H groups in total. The number of benzene rings is 3. The molecule has 0 saturated carbocycles. The van der Waals surface area contributed by atoms with Gasteiger partial charge in [0.25, 0.3) is 0 Å². The van der Waals surface area contributed by atoms with Gasteiger partial charge < -0.3 is 0 Å². The number of nitrogens with zero attached hydrogens (tertiary/aromatic N) is 2. The van der Waals surface area contributed by atoms with E-state index in [0.717, 1.165) is 33.9 Å². The molecule has 3 aromatic rings. The van der Waals surface area contributed by atoms with E-state index >= 15 is 0 Å². The predicted octanol–water partition coefficient (Wildman–Crippen LogP) is 4.74. The lowest BCUT2D eigenvalue weighted by Gasteiger charge is -2.08. The molecule has 0 radical (unpaired) electrons. The summed E-state index contributed by atoms with van der Waals surface area (Å²) in [6, 6.07) is 24.8. The first-order valence-corrected chi connectivity index (χ1v) is 8.36. The van der Waals surface area contributed by atoms with Gasteiger partial charge in [0.2, 0.25) is 0 Å². The van der Waals surface area contributed by atoms with Gasteiger partial charge in [-0.05, 0) is 26.0 Å². The van der Waals surface area contributed by atoms with E-state index in [1.54, 1.807) is 0 Å². The van der Waals surface area contributed by atoms with E-state index in [1.165, 1.54) is 11.1 Å². The highest BCUT2D eigenvalue weighted by Gasteiger charge is 2.17. The van der Waals surface area contributed by atoms with E-state index in [2.05, 4.69) is 73.9 Å². The van der Waals surface area contributed by atoms with E-state index in [4.69, 9.17) is 10.1 Å². The minimum atomic E-state index is 0.760. The Morgan fingerprint density at radius 1 is 0.720 bits per heavy atom. The summed E-state index contributed by atoms with van der Waals surface area (Å²) in [5, 5.41) is 4.69. The second kappa shape index (κ2) is 6.36. The SMILES string of the molecule is Cc1ccc(C2=Nc3ccc(C)cc3C(c3ccccc3)=NN2)cc1. The van der Waals surface area contributed by atoms with Crippen LogP contribution in [0.3, 0.4) is 0 Å². The Morgan fingerprint density at radius 3 is 2.20 bits per heavy atom. The molecule has 0 saturated heterocycles. The molecule has 3 heteroatoms. The zero-order valence-corrected chi connectivity index (χ0v) is 14.3. The lowest BCUT2D eigenvalue weighted by Crippen LogP contribution is -2.19. The molecule has 4 rings (SSSR count). The van der Waals surface area contributed by atoms with Crippen molar-refractivity contribution in [3.05, 3.63) is 101 Å². The first kappa shape index (κ1) is 15.3. The monoisotopic (exact) mass is 325 g/mol. The van der Waals surface area contributed by atoms with Crippen LogP contribution in [0.2, 0.25) is 0 Å². The quantitative estimate of drug-likeness (QED) is 0.726. The van der Waals surface area contributed by atoms with E-state index in [1.807, 2.05) is 18.2 Å². The lowest BCUT2D eigenvalue weighted by atomic mass is 9.99. The molecule has 0 bridgehead atoms. The number of aryl methyl sites for hydroxylation is 2. The maximum Gasteiger partial charge on any atom is 0.154 e. The Kier molecular flexibility index (Phi) is 3.90. The standard InChI is InChI=1S/C22H19N3/c1-15-8-11-18(12-9-15)22-23-20-13-10-16(2)14-19(20)21(24-25-22)17-6-4-3-5-7-17/h3-14H,1-2H3,(H,23,25). The molecule has 1 aliphatic heterocycles. The highest BCUT2D eigenvalue weighted by atomic mass is 15.3. The Balaban J connectivity index is 1.87. The fraction of sp³-hybridized carbons (Fsp3) is 0.0909. The molecule has 0 amide bonds. The number of hydrogen-bond acceptors (Lipinski definition) is 3. The van der Waals surface area contributed by atoms with Crippen molar-refractivity contribution >= 4 is 17.2 Å². The number of rotatable bonds is 2. The maximum absolute atomic E-state index is 4.85. The summed E-state index contributed by atoms with van der Waals surface area (Å²) in [6.45, 7) is 4.17. The van der Waals surface area contributed by atoms with Crippen LogP contribution in [0.25, 0.3) is 0 Å². The minimum absolute atomic E-state index is 0.760. The minimum Gasteiger partial charge on any atom is -0.260 e. The molecule has 25 heavy (non-hydrogen) atoms. The summed E-state index contributed by atoms with van der Waals surface area (Å²) in [4.78, 5) is 4.85. The van der Waals surface area contributed by atoms with Gasteiger partial charge in [-0.2, -0.15) is 5.10 Å². The summed E-state index contributed by atoms with van der Waals surface area (Å²) < 4.78 is 0. The Bertz CT molecular complexity index is 968. The summed E-state index contributed by atoms with van der Waals surface area (Å²) in [5.74, 6) is 0.760. The van der Waals surface area contributed by atoms with Gasteiger partial charge in [0.05, 0.1) is 11.4 Å². The molecule has 122 valence electrons. The van der Waals surface area contributed by atoms with Gasteiger partial charge in [0, 0.05) is 16.7 Å². The van der Waals surface area contributed by atoms with Crippen molar-refractivity contribution in [1.29, 1.82) is 0 Å².